The lowest BCUT2D eigenvalue weighted by Gasteiger charge is -2.10. The molecule has 1 aliphatic carbocycles. The minimum Gasteiger partial charge on any atom is -0.233 e. The van der Waals surface area contributed by atoms with Gasteiger partial charge in [-0.15, -0.1) is 0 Å². The summed E-state index contributed by atoms with van der Waals surface area (Å²) in [4.78, 5) is 7.87. The summed E-state index contributed by atoms with van der Waals surface area (Å²) in [5.74, 6) is 0. The van der Waals surface area contributed by atoms with Crippen LogP contribution >= 0.6 is 0 Å². The van der Waals surface area contributed by atoms with Gasteiger partial charge in [-0.05, 0) is 31.2 Å². The predicted octanol–water partition coefficient (Wildman–Crippen LogP) is 0.847. The molecule has 0 bridgehead atoms. The molecule has 2 nitrogen and oxygen atoms in total. The Labute approximate surface area is 60.3 Å². The Kier molecular flexibility index (Phi) is 1.38. The third-order valence-corrected chi connectivity index (χ3v) is 1.69. The largest absolute Gasteiger partial charge is 0.233 e. The summed E-state index contributed by atoms with van der Waals surface area (Å²) in [5.41, 5.74) is 2.36. The van der Waals surface area contributed by atoms with Crippen molar-refractivity contribution in [2.24, 2.45) is 0 Å². The molecule has 1 aliphatic rings. The van der Waals surface area contributed by atoms with E-state index in [1.165, 1.54) is 5.56 Å². The normalized spacial score (nSPS) is 16.4. The summed E-state index contributed by atoms with van der Waals surface area (Å²) in [6.07, 6.45) is 10.6. The molecule has 1 heterocycles. The van der Waals surface area contributed by atoms with Crippen molar-refractivity contribution in [3.8, 4) is 0 Å². The van der Waals surface area contributed by atoms with Gasteiger partial charge in [0.15, 0.2) is 6.33 Å². The lowest BCUT2D eigenvalue weighted by Crippen LogP contribution is -2.05. The van der Waals surface area contributed by atoms with Crippen LogP contribution in [0.5, 0.6) is 0 Å². The molecule has 49 valence electrons. The molecule has 2 rings (SSSR count). The molecule has 2 heteroatoms. The molecule has 0 unspecified atom stereocenters. The molecule has 1 aromatic rings. The van der Waals surface area contributed by atoms with Crippen molar-refractivity contribution in [1.29, 1.82) is 0 Å². The highest BCUT2D eigenvalue weighted by atomic mass is 14.8. The van der Waals surface area contributed by atoms with Gasteiger partial charge >= 0.3 is 0 Å². The van der Waals surface area contributed by atoms with Crippen molar-refractivity contribution in [3.63, 3.8) is 0 Å². The molecule has 0 aromatic carbocycles. The number of fused-ring (bicyclic) bond motifs is 1. The van der Waals surface area contributed by atoms with Crippen LogP contribution in [0.1, 0.15) is 17.7 Å². The first-order chi connectivity index (χ1) is 4.97. The Morgan fingerprint density at radius 1 is 1.50 bits per heavy atom. The zero-order valence-corrected chi connectivity index (χ0v) is 5.59. The van der Waals surface area contributed by atoms with Crippen molar-refractivity contribution in [1.82, 2.24) is 9.97 Å². The molecule has 0 saturated carbocycles. The second-order valence-corrected chi connectivity index (χ2v) is 2.37. The van der Waals surface area contributed by atoms with E-state index >= 15 is 0 Å². The van der Waals surface area contributed by atoms with E-state index in [-0.39, 0.29) is 0 Å². The van der Waals surface area contributed by atoms with Gasteiger partial charge in [0.25, 0.3) is 0 Å². The molecule has 0 N–H and O–H groups in total. The van der Waals surface area contributed by atoms with E-state index in [2.05, 4.69) is 22.7 Å². The van der Waals surface area contributed by atoms with Crippen molar-refractivity contribution in [3.05, 3.63) is 30.2 Å². The molecule has 0 saturated heterocycles. The Morgan fingerprint density at radius 3 is 3.40 bits per heavy atom. The fourth-order valence-electron chi connectivity index (χ4n) is 1.14. The summed E-state index contributed by atoms with van der Waals surface area (Å²) < 4.78 is 0. The van der Waals surface area contributed by atoms with E-state index in [4.69, 9.17) is 0 Å². The van der Waals surface area contributed by atoms with Gasteiger partial charge in [0.1, 0.15) is 0 Å². The first kappa shape index (κ1) is 5.83. The molecule has 3 radical (unpaired) electrons. The van der Waals surface area contributed by atoms with E-state index in [0.717, 1.165) is 25.0 Å². The van der Waals surface area contributed by atoms with Crippen molar-refractivity contribution in [2.45, 2.75) is 19.3 Å². The number of hydrogen-bond donors (Lipinski definition) is 0. The van der Waals surface area contributed by atoms with Crippen LogP contribution in [-0.2, 0) is 12.8 Å². The van der Waals surface area contributed by atoms with Gasteiger partial charge in [-0.3, -0.25) is 0 Å². The number of nitrogens with zero attached hydrogens (tertiary/aromatic N) is 2. The first-order valence-electron chi connectivity index (χ1n) is 3.38. The van der Waals surface area contributed by atoms with Crippen molar-refractivity contribution in [2.75, 3.05) is 0 Å². The van der Waals surface area contributed by atoms with Crippen LogP contribution in [0.25, 0.3) is 0 Å². The van der Waals surface area contributed by atoms with Crippen LogP contribution < -0.4 is 0 Å². The van der Waals surface area contributed by atoms with Crippen LogP contribution in [-0.4, -0.2) is 9.97 Å². The highest BCUT2D eigenvalue weighted by Crippen LogP contribution is 2.15. The Morgan fingerprint density at radius 2 is 2.50 bits per heavy atom. The third kappa shape index (κ3) is 0.897. The highest BCUT2D eigenvalue weighted by molar-refractivity contribution is 5.21. The quantitative estimate of drug-likeness (QED) is 0.521. The maximum absolute atomic E-state index is 4.04. The summed E-state index contributed by atoms with van der Waals surface area (Å²) >= 11 is 0. The molecule has 0 aliphatic heterocycles. The average Bonchev–Trinajstić information content (AvgIpc) is 2.05. The Balaban J connectivity index is 2.41. The number of aryl methyl sites for hydroxylation is 1. The van der Waals surface area contributed by atoms with Gasteiger partial charge in [-0.2, -0.15) is 0 Å². The third-order valence-electron chi connectivity index (χ3n) is 1.69. The number of rotatable bonds is 0. The van der Waals surface area contributed by atoms with Crippen molar-refractivity contribution < 1.29 is 0 Å². The minimum absolute atomic E-state index is 0.907. The topological polar surface area (TPSA) is 25.8 Å². The molecule has 0 fully saturated rings. The minimum atomic E-state index is 0.907. The first-order valence-corrected chi connectivity index (χ1v) is 3.38. The molecule has 1 aromatic heterocycles. The van der Waals surface area contributed by atoms with Crippen LogP contribution in [0.15, 0.2) is 6.20 Å². The van der Waals surface area contributed by atoms with Crippen LogP contribution in [0.2, 0.25) is 0 Å². The van der Waals surface area contributed by atoms with Gasteiger partial charge in [-0.25, -0.2) is 9.97 Å². The predicted molar refractivity (Wildman–Crippen MR) is 36.1 cm³/mol. The lowest BCUT2D eigenvalue weighted by atomic mass is 9.98. The number of aromatic nitrogens is 2. The maximum Gasteiger partial charge on any atom is 0.197 e. The lowest BCUT2D eigenvalue weighted by molar-refractivity contribution is 0.781. The van der Waals surface area contributed by atoms with Gasteiger partial charge in [0.05, 0.1) is 0 Å². The fourth-order valence-corrected chi connectivity index (χ4v) is 1.14. The summed E-state index contributed by atoms with van der Waals surface area (Å²) in [7, 11) is 0. The molecular weight excluding hydrogens is 124 g/mol. The van der Waals surface area contributed by atoms with E-state index in [1.807, 2.05) is 6.20 Å². The number of hydrogen-bond acceptors (Lipinski definition) is 2. The molecule has 10 heavy (non-hydrogen) atoms. The molecular formula is C8H7N2. The van der Waals surface area contributed by atoms with Crippen LogP contribution in [0.3, 0.4) is 0 Å². The van der Waals surface area contributed by atoms with Crippen molar-refractivity contribution >= 4 is 0 Å². The fraction of sp³-hybridized carbons (Fsp3) is 0.375. The molecule has 0 spiro atoms. The standard InChI is InChI=1S/C8H7N2/c1-2-4-8-7(3-1)5-9-6-10-8/h5H,2-4H2. The zero-order chi connectivity index (χ0) is 6.81. The van der Waals surface area contributed by atoms with E-state index < -0.39 is 0 Å². The molecule has 0 amide bonds. The zero-order valence-electron chi connectivity index (χ0n) is 5.59. The maximum atomic E-state index is 4.04. The summed E-state index contributed by atoms with van der Waals surface area (Å²) in [6.45, 7) is 0. The van der Waals surface area contributed by atoms with E-state index in [0.29, 0.717) is 0 Å². The van der Waals surface area contributed by atoms with Crippen LogP contribution in [0.4, 0.5) is 0 Å². The summed E-state index contributed by atoms with van der Waals surface area (Å²) in [6, 6.07) is 0. The van der Waals surface area contributed by atoms with Gasteiger partial charge in [-0.1, -0.05) is 0 Å². The summed E-state index contributed by atoms with van der Waals surface area (Å²) in [5, 5.41) is 0. The second kappa shape index (κ2) is 2.37. The van der Waals surface area contributed by atoms with E-state index in [9.17, 15) is 0 Å². The smallest absolute Gasteiger partial charge is 0.197 e. The monoisotopic (exact) mass is 131 g/mol. The SMILES string of the molecule is [C]1CCc2n[c]ncc2C1. The Hall–Kier alpha value is -0.920. The molecule has 0 atom stereocenters. The highest BCUT2D eigenvalue weighted by Gasteiger charge is 2.09. The average molecular weight is 131 g/mol. The Bertz CT molecular complexity index is 207. The second-order valence-electron chi connectivity index (χ2n) is 2.37. The van der Waals surface area contributed by atoms with Gasteiger partial charge in [0.2, 0.25) is 0 Å². The van der Waals surface area contributed by atoms with Crippen LogP contribution in [0, 0.1) is 12.7 Å². The van der Waals surface area contributed by atoms with E-state index in [1.54, 1.807) is 0 Å². The van der Waals surface area contributed by atoms with Gasteiger partial charge in [0, 0.05) is 11.9 Å². The van der Waals surface area contributed by atoms with Gasteiger partial charge < -0.3 is 0 Å².